The average molecular weight is 276 g/mol. The van der Waals surface area contributed by atoms with Gasteiger partial charge in [-0.2, -0.15) is 0 Å². The fraction of sp³-hybridized carbons (Fsp3) is 0.167. The zero-order valence-electron chi connectivity index (χ0n) is 12.0. The van der Waals surface area contributed by atoms with Crippen molar-refractivity contribution in [1.82, 2.24) is 9.55 Å². The molecule has 1 N–H and O–H groups in total. The monoisotopic (exact) mass is 276 g/mol. The fourth-order valence-corrected chi connectivity index (χ4v) is 3.23. The highest BCUT2D eigenvalue weighted by atomic mass is 16.3. The van der Waals surface area contributed by atoms with Gasteiger partial charge < -0.3 is 9.67 Å². The number of aliphatic hydroxyl groups excluding tert-OH is 1. The summed E-state index contributed by atoms with van der Waals surface area (Å²) >= 11 is 0. The predicted molar refractivity (Wildman–Crippen MR) is 86.4 cm³/mol. The molecule has 0 fully saturated rings. The zero-order valence-corrected chi connectivity index (χ0v) is 12.0. The van der Waals surface area contributed by atoms with E-state index in [0.29, 0.717) is 0 Å². The van der Waals surface area contributed by atoms with Crippen LogP contribution in [0.5, 0.6) is 0 Å². The smallest absolute Gasteiger partial charge is 0.0939 e. The van der Waals surface area contributed by atoms with Crippen LogP contribution in [0.3, 0.4) is 0 Å². The molecule has 0 amide bonds. The van der Waals surface area contributed by atoms with Crippen molar-refractivity contribution in [2.75, 3.05) is 0 Å². The lowest BCUT2D eigenvalue weighted by Gasteiger charge is -2.10. The number of hydrogen-bond donors (Lipinski definition) is 1. The Hall–Kier alpha value is -2.39. The van der Waals surface area contributed by atoms with Gasteiger partial charge in [0.25, 0.3) is 0 Å². The summed E-state index contributed by atoms with van der Waals surface area (Å²) in [6, 6.07) is 16.4. The van der Waals surface area contributed by atoms with Crippen LogP contribution in [0, 0.1) is 0 Å². The maximum atomic E-state index is 10.2. The van der Waals surface area contributed by atoms with E-state index in [1.165, 1.54) is 0 Å². The lowest BCUT2D eigenvalue weighted by Crippen LogP contribution is -1.98. The molecule has 2 heterocycles. The number of rotatable bonds is 1. The van der Waals surface area contributed by atoms with E-state index in [-0.39, 0.29) is 0 Å². The molecule has 0 saturated carbocycles. The molecule has 4 rings (SSSR count). The van der Waals surface area contributed by atoms with Crippen molar-refractivity contribution in [1.29, 1.82) is 0 Å². The molecule has 0 aliphatic carbocycles. The molecule has 1 atom stereocenters. The van der Waals surface area contributed by atoms with Crippen LogP contribution in [0.1, 0.15) is 18.7 Å². The molecule has 3 heteroatoms. The minimum atomic E-state index is -0.595. The Labute approximate surface area is 122 Å². The molecule has 21 heavy (non-hydrogen) atoms. The SMILES string of the molecule is CC(O)c1nc2ccccc2c2c1c1ccccc1n2C. The van der Waals surface area contributed by atoms with Crippen LogP contribution >= 0.6 is 0 Å². The molecule has 0 spiro atoms. The van der Waals surface area contributed by atoms with Gasteiger partial charge >= 0.3 is 0 Å². The standard InChI is InChI=1S/C18H16N2O/c1-11(21)17-16-13-8-4-6-10-15(13)20(2)18(16)12-7-3-5-9-14(12)19-17/h3-11,21H,1-2H3. The van der Waals surface area contributed by atoms with Crippen molar-refractivity contribution in [3.8, 4) is 0 Å². The third-order valence-electron chi connectivity index (χ3n) is 4.16. The third-order valence-corrected chi connectivity index (χ3v) is 4.16. The summed E-state index contributed by atoms with van der Waals surface area (Å²) in [5.41, 5.74) is 3.97. The summed E-state index contributed by atoms with van der Waals surface area (Å²) in [6.07, 6.45) is -0.595. The number of benzene rings is 2. The van der Waals surface area contributed by atoms with Gasteiger partial charge in [-0.05, 0) is 19.1 Å². The molecule has 0 aliphatic rings. The highest BCUT2D eigenvalue weighted by molar-refractivity contribution is 6.17. The largest absolute Gasteiger partial charge is 0.387 e. The topological polar surface area (TPSA) is 38.1 Å². The van der Waals surface area contributed by atoms with Gasteiger partial charge in [0.1, 0.15) is 0 Å². The summed E-state index contributed by atoms with van der Waals surface area (Å²) in [5, 5.41) is 13.5. The summed E-state index contributed by atoms with van der Waals surface area (Å²) in [4.78, 5) is 4.70. The second-order valence-electron chi connectivity index (χ2n) is 5.49. The maximum Gasteiger partial charge on any atom is 0.0939 e. The summed E-state index contributed by atoms with van der Waals surface area (Å²) in [7, 11) is 2.07. The molecule has 2 aromatic heterocycles. The first-order valence-electron chi connectivity index (χ1n) is 7.12. The minimum Gasteiger partial charge on any atom is -0.387 e. The van der Waals surface area contributed by atoms with E-state index in [9.17, 15) is 5.11 Å². The number of nitrogens with zero attached hydrogens (tertiary/aromatic N) is 2. The van der Waals surface area contributed by atoms with Crippen molar-refractivity contribution in [3.05, 3.63) is 54.2 Å². The molecule has 0 radical (unpaired) electrons. The second kappa shape index (κ2) is 4.30. The normalized spacial score (nSPS) is 13.3. The van der Waals surface area contributed by atoms with E-state index in [1.807, 2.05) is 30.3 Å². The number of para-hydroxylation sites is 2. The van der Waals surface area contributed by atoms with E-state index < -0.39 is 6.10 Å². The Morgan fingerprint density at radius 3 is 2.43 bits per heavy atom. The van der Waals surface area contributed by atoms with Crippen molar-refractivity contribution < 1.29 is 5.11 Å². The number of aryl methyl sites for hydroxylation is 1. The van der Waals surface area contributed by atoms with E-state index in [2.05, 4.69) is 29.8 Å². The van der Waals surface area contributed by atoms with Gasteiger partial charge in [-0.25, -0.2) is 4.98 Å². The van der Waals surface area contributed by atoms with Gasteiger partial charge in [0.15, 0.2) is 0 Å². The van der Waals surface area contributed by atoms with Crippen molar-refractivity contribution in [2.45, 2.75) is 13.0 Å². The molecule has 2 aromatic carbocycles. The van der Waals surface area contributed by atoms with Gasteiger partial charge in [0.05, 0.1) is 22.8 Å². The summed E-state index contributed by atoms with van der Waals surface area (Å²) in [6.45, 7) is 1.78. The van der Waals surface area contributed by atoms with Gasteiger partial charge in [-0.1, -0.05) is 36.4 Å². The summed E-state index contributed by atoms with van der Waals surface area (Å²) in [5.74, 6) is 0. The van der Waals surface area contributed by atoms with Crippen molar-refractivity contribution in [3.63, 3.8) is 0 Å². The first kappa shape index (κ1) is 12.4. The first-order chi connectivity index (χ1) is 10.2. The van der Waals surface area contributed by atoms with Crippen molar-refractivity contribution >= 4 is 32.7 Å². The number of pyridine rings is 1. The quantitative estimate of drug-likeness (QED) is 0.572. The molecule has 0 bridgehead atoms. The van der Waals surface area contributed by atoms with Crippen LogP contribution in [-0.2, 0) is 7.05 Å². The van der Waals surface area contributed by atoms with Crippen LogP contribution in [0.25, 0.3) is 32.7 Å². The van der Waals surface area contributed by atoms with Gasteiger partial charge in [0.2, 0.25) is 0 Å². The van der Waals surface area contributed by atoms with Gasteiger partial charge in [0, 0.05) is 28.7 Å². The Morgan fingerprint density at radius 1 is 1.00 bits per heavy atom. The molecule has 3 nitrogen and oxygen atoms in total. The molecule has 0 saturated heterocycles. The van der Waals surface area contributed by atoms with Crippen molar-refractivity contribution in [2.24, 2.45) is 7.05 Å². The van der Waals surface area contributed by atoms with Crippen LogP contribution in [-0.4, -0.2) is 14.7 Å². The number of aliphatic hydroxyl groups is 1. The Morgan fingerprint density at radius 2 is 1.67 bits per heavy atom. The van der Waals surface area contributed by atoms with Crippen LogP contribution < -0.4 is 0 Å². The molecule has 0 aliphatic heterocycles. The van der Waals surface area contributed by atoms with Gasteiger partial charge in [-0.3, -0.25) is 0 Å². The highest BCUT2D eigenvalue weighted by Gasteiger charge is 2.18. The lowest BCUT2D eigenvalue weighted by molar-refractivity contribution is 0.196. The van der Waals surface area contributed by atoms with E-state index in [1.54, 1.807) is 6.92 Å². The second-order valence-corrected chi connectivity index (χ2v) is 5.49. The van der Waals surface area contributed by atoms with Crippen LogP contribution in [0.4, 0.5) is 0 Å². The first-order valence-corrected chi connectivity index (χ1v) is 7.12. The lowest BCUT2D eigenvalue weighted by atomic mass is 10.0. The van der Waals surface area contributed by atoms with E-state index in [4.69, 9.17) is 4.98 Å². The van der Waals surface area contributed by atoms with Crippen LogP contribution in [0.2, 0.25) is 0 Å². The number of hydrogen-bond acceptors (Lipinski definition) is 2. The highest BCUT2D eigenvalue weighted by Crippen LogP contribution is 2.36. The maximum absolute atomic E-state index is 10.2. The molecule has 104 valence electrons. The third kappa shape index (κ3) is 1.61. The zero-order chi connectivity index (χ0) is 14.6. The molecular formula is C18H16N2O. The Kier molecular flexibility index (Phi) is 2.53. The number of aromatic nitrogens is 2. The average Bonchev–Trinajstić information content (AvgIpc) is 2.81. The molecular weight excluding hydrogens is 260 g/mol. The van der Waals surface area contributed by atoms with Crippen LogP contribution in [0.15, 0.2) is 48.5 Å². The fourth-order valence-electron chi connectivity index (χ4n) is 3.23. The minimum absolute atomic E-state index is 0.595. The molecule has 1 unspecified atom stereocenters. The molecule has 4 aromatic rings. The summed E-state index contributed by atoms with van der Waals surface area (Å²) < 4.78 is 2.19. The van der Waals surface area contributed by atoms with Gasteiger partial charge in [-0.15, -0.1) is 0 Å². The van der Waals surface area contributed by atoms with E-state index in [0.717, 1.165) is 38.4 Å². The Bertz CT molecular complexity index is 983. The van der Waals surface area contributed by atoms with E-state index >= 15 is 0 Å². The Balaban J connectivity index is 2.39. The predicted octanol–water partition coefficient (Wildman–Crippen LogP) is 3.93. The number of fused-ring (bicyclic) bond motifs is 5.